The number of carbonyl (C=O) groups is 3. The van der Waals surface area contributed by atoms with E-state index in [-0.39, 0.29) is 49.3 Å². The summed E-state index contributed by atoms with van der Waals surface area (Å²) in [4.78, 5) is 41.2. The van der Waals surface area contributed by atoms with Crippen LogP contribution in [0.3, 0.4) is 0 Å². The van der Waals surface area contributed by atoms with E-state index in [2.05, 4.69) is 5.32 Å². The lowest BCUT2D eigenvalue weighted by Gasteiger charge is -2.26. The van der Waals surface area contributed by atoms with Gasteiger partial charge in [0.05, 0.1) is 31.0 Å². The Morgan fingerprint density at radius 2 is 1.65 bits per heavy atom. The first-order chi connectivity index (χ1) is 18.0. The lowest BCUT2D eigenvalue weighted by Crippen LogP contribution is -2.41. The molecular formula is C30H36N2O5. The van der Waals surface area contributed by atoms with Gasteiger partial charge in [-0.25, -0.2) is 0 Å². The number of nitrogens with one attached hydrogen (secondary N) is 1. The Morgan fingerprint density at radius 3 is 2.35 bits per heavy atom. The number of allylic oxidation sites excluding steroid dienone is 2. The summed E-state index contributed by atoms with van der Waals surface area (Å²) in [5.74, 6) is -1.55. The van der Waals surface area contributed by atoms with E-state index in [0.717, 1.165) is 24.0 Å². The third kappa shape index (κ3) is 7.29. The summed E-state index contributed by atoms with van der Waals surface area (Å²) in [6.45, 7) is 0.681. The standard InChI is InChI=1S/C30H36N2O5/c33-21-26-16-9-17-32(26)28(34)19-24-14-7-8-15-25(18-22-10-3-1-4-11-22)30(36)37-27(20-31-29(24)35)23-12-5-2-6-13-23/h1-8,10-13,24-27,33H,9,14-21H2,(H,31,35)/t24-,25+,26+,27+/m1/s1. The summed E-state index contributed by atoms with van der Waals surface area (Å²) in [5, 5.41) is 12.6. The van der Waals surface area contributed by atoms with Gasteiger partial charge in [-0.3, -0.25) is 14.4 Å². The van der Waals surface area contributed by atoms with Crippen LogP contribution < -0.4 is 5.32 Å². The van der Waals surface area contributed by atoms with Crippen LogP contribution in [0, 0.1) is 11.8 Å². The van der Waals surface area contributed by atoms with Gasteiger partial charge in [0.2, 0.25) is 11.8 Å². The molecule has 0 radical (unpaired) electrons. The highest BCUT2D eigenvalue weighted by molar-refractivity contribution is 5.86. The van der Waals surface area contributed by atoms with Gasteiger partial charge in [0.15, 0.2) is 0 Å². The van der Waals surface area contributed by atoms with Crippen LogP contribution in [0.2, 0.25) is 0 Å². The zero-order valence-electron chi connectivity index (χ0n) is 21.1. The number of amides is 2. The average Bonchev–Trinajstić information content (AvgIpc) is 3.41. The molecular weight excluding hydrogens is 468 g/mol. The van der Waals surface area contributed by atoms with Crippen LogP contribution in [-0.4, -0.2) is 53.5 Å². The fourth-order valence-corrected chi connectivity index (χ4v) is 5.12. The molecule has 1 saturated heterocycles. The van der Waals surface area contributed by atoms with E-state index in [4.69, 9.17) is 4.74 Å². The molecule has 2 aromatic carbocycles. The van der Waals surface area contributed by atoms with Crippen LogP contribution in [0.5, 0.6) is 0 Å². The van der Waals surface area contributed by atoms with Crippen LogP contribution in [-0.2, 0) is 25.5 Å². The lowest BCUT2D eigenvalue weighted by atomic mass is 9.94. The molecule has 2 amide bonds. The maximum Gasteiger partial charge on any atom is 0.310 e. The van der Waals surface area contributed by atoms with Gasteiger partial charge < -0.3 is 20.1 Å². The normalized spacial score (nSPS) is 25.1. The molecule has 7 nitrogen and oxygen atoms in total. The third-order valence-corrected chi connectivity index (χ3v) is 7.26. The molecule has 4 atom stereocenters. The van der Waals surface area contributed by atoms with Crippen molar-refractivity contribution in [3.8, 4) is 0 Å². The van der Waals surface area contributed by atoms with Crippen molar-refractivity contribution < 1.29 is 24.2 Å². The zero-order valence-corrected chi connectivity index (χ0v) is 21.1. The molecule has 37 heavy (non-hydrogen) atoms. The maximum atomic E-state index is 13.3. The number of carbonyl (C=O) groups excluding carboxylic acids is 3. The minimum atomic E-state index is -0.631. The van der Waals surface area contributed by atoms with Gasteiger partial charge in [0, 0.05) is 13.0 Å². The highest BCUT2D eigenvalue weighted by Crippen LogP contribution is 2.25. The van der Waals surface area contributed by atoms with Crippen LogP contribution in [0.15, 0.2) is 72.8 Å². The number of ether oxygens (including phenoxy) is 1. The summed E-state index contributed by atoms with van der Waals surface area (Å²) in [6, 6.07) is 19.1. The molecule has 2 aromatic rings. The minimum absolute atomic E-state index is 0.0601. The molecule has 2 heterocycles. The van der Waals surface area contributed by atoms with E-state index < -0.39 is 12.0 Å². The Morgan fingerprint density at radius 1 is 0.973 bits per heavy atom. The van der Waals surface area contributed by atoms with Gasteiger partial charge in [0.25, 0.3) is 0 Å². The molecule has 4 rings (SSSR count). The number of aliphatic hydroxyl groups excluding tert-OH is 1. The largest absolute Gasteiger partial charge is 0.455 e. The highest BCUT2D eigenvalue weighted by atomic mass is 16.5. The molecule has 0 spiro atoms. The van der Waals surface area contributed by atoms with E-state index in [9.17, 15) is 19.5 Å². The number of likely N-dealkylation sites (tertiary alicyclic amines) is 1. The van der Waals surface area contributed by atoms with Crippen LogP contribution in [0.1, 0.15) is 49.3 Å². The summed E-state index contributed by atoms with van der Waals surface area (Å²) >= 11 is 0. The summed E-state index contributed by atoms with van der Waals surface area (Å²) in [7, 11) is 0. The number of aliphatic hydroxyl groups is 1. The second-order valence-corrected chi connectivity index (χ2v) is 9.88. The SMILES string of the molecule is O=C1NC[C@@H](c2ccccc2)OC(=O)[C@H](Cc2ccccc2)CC=CC[C@@H]1CC(=O)N1CCC[C@H]1CO. The molecule has 0 bridgehead atoms. The average molecular weight is 505 g/mol. The van der Waals surface area contributed by atoms with Crippen molar-refractivity contribution in [2.24, 2.45) is 11.8 Å². The summed E-state index contributed by atoms with van der Waals surface area (Å²) in [5.41, 5.74) is 1.86. The van der Waals surface area contributed by atoms with Gasteiger partial charge in [0.1, 0.15) is 6.10 Å². The van der Waals surface area contributed by atoms with E-state index in [1.165, 1.54) is 0 Å². The quantitative estimate of drug-likeness (QED) is 0.463. The first-order valence-corrected chi connectivity index (χ1v) is 13.2. The van der Waals surface area contributed by atoms with E-state index in [1.807, 2.05) is 72.8 Å². The number of rotatable bonds is 6. The second kappa shape index (κ2) is 13.2. The number of hydrogen-bond acceptors (Lipinski definition) is 5. The predicted octanol–water partition coefficient (Wildman–Crippen LogP) is 3.59. The predicted molar refractivity (Wildman–Crippen MR) is 140 cm³/mol. The molecule has 2 aliphatic rings. The molecule has 2 N–H and O–H groups in total. The summed E-state index contributed by atoms with van der Waals surface area (Å²) < 4.78 is 5.98. The first-order valence-electron chi connectivity index (χ1n) is 13.2. The monoisotopic (exact) mass is 504 g/mol. The van der Waals surface area contributed by atoms with Crippen molar-refractivity contribution >= 4 is 17.8 Å². The maximum absolute atomic E-state index is 13.3. The van der Waals surface area contributed by atoms with Crippen molar-refractivity contribution in [3.63, 3.8) is 0 Å². The fourth-order valence-electron chi connectivity index (χ4n) is 5.12. The molecule has 0 unspecified atom stereocenters. The number of esters is 1. The van der Waals surface area contributed by atoms with E-state index in [1.54, 1.807) is 4.90 Å². The molecule has 196 valence electrons. The lowest BCUT2D eigenvalue weighted by molar-refractivity contribution is -0.155. The van der Waals surface area contributed by atoms with E-state index in [0.29, 0.717) is 25.8 Å². The third-order valence-electron chi connectivity index (χ3n) is 7.26. The van der Waals surface area contributed by atoms with Crippen LogP contribution in [0.25, 0.3) is 0 Å². The molecule has 1 fully saturated rings. The molecule has 0 aliphatic carbocycles. The Bertz CT molecular complexity index is 1070. The number of hydrogen-bond donors (Lipinski definition) is 2. The van der Waals surface area contributed by atoms with Gasteiger partial charge in [-0.2, -0.15) is 0 Å². The van der Waals surface area contributed by atoms with Crippen molar-refractivity contribution in [1.29, 1.82) is 0 Å². The number of benzene rings is 2. The van der Waals surface area contributed by atoms with Crippen molar-refractivity contribution in [2.45, 2.75) is 50.7 Å². The minimum Gasteiger partial charge on any atom is -0.455 e. The second-order valence-electron chi connectivity index (χ2n) is 9.88. The highest BCUT2D eigenvalue weighted by Gasteiger charge is 2.32. The Kier molecular flexibility index (Phi) is 9.49. The van der Waals surface area contributed by atoms with Gasteiger partial charge in [-0.1, -0.05) is 72.8 Å². The molecule has 7 heteroatoms. The number of cyclic esters (lactones) is 1. The zero-order chi connectivity index (χ0) is 26.0. The summed E-state index contributed by atoms with van der Waals surface area (Å²) in [6.07, 6.45) is 6.35. The Balaban J connectivity index is 1.54. The Hall–Kier alpha value is -3.45. The number of nitrogens with zero attached hydrogens (tertiary/aromatic N) is 1. The molecule has 0 saturated carbocycles. The smallest absolute Gasteiger partial charge is 0.310 e. The first kappa shape index (κ1) is 26.6. The van der Waals surface area contributed by atoms with Crippen LogP contribution >= 0.6 is 0 Å². The van der Waals surface area contributed by atoms with Crippen LogP contribution in [0.4, 0.5) is 0 Å². The van der Waals surface area contributed by atoms with Crippen molar-refractivity contribution in [3.05, 3.63) is 83.9 Å². The van der Waals surface area contributed by atoms with Gasteiger partial charge in [-0.05, 0) is 43.2 Å². The fraction of sp³-hybridized carbons (Fsp3) is 0.433. The molecule has 0 aromatic heterocycles. The van der Waals surface area contributed by atoms with E-state index >= 15 is 0 Å². The topological polar surface area (TPSA) is 95.9 Å². The van der Waals surface area contributed by atoms with Gasteiger partial charge >= 0.3 is 5.97 Å². The Labute approximate surface area is 218 Å². The molecule has 2 aliphatic heterocycles. The van der Waals surface area contributed by atoms with Crippen molar-refractivity contribution in [2.75, 3.05) is 19.7 Å². The van der Waals surface area contributed by atoms with Gasteiger partial charge in [-0.15, -0.1) is 0 Å². The van der Waals surface area contributed by atoms with Crippen molar-refractivity contribution in [1.82, 2.24) is 10.2 Å².